The highest BCUT2D eigenvalue weighted by molar-refractivity contribution is 5.92. The zero-order chi connectivity index (χ0) is 14.9. The molecule has 1 heterocycles. The lowest BCUT2D eigenvalue weighted by Crippen LogP contribution is -2.19. The minimum Gasteiger partial charge on any atom is -0.461 e. The van der Waals surface area contributed by atoms with Crippen LogP contribution < -0.4 is 5.73 Å². The van der Waals surface area contributed by atoms with Crippen molar-refractivity contribution in [1.29, 1.82) is 0 Å². The molecule has 0 aromatic carbocycles. The highest BCUT2D eigenvalue weighted by Crippen LogP contribution is 2.42. The molecule has 1 aliphatic carbocycles. The summed E-state index contributed by atoms with van der Waals surface area (Å²) in [6.07, 6.45) is 3.06. The van der Waals surface area contributed by atoms with Crippen LogP contribution in [0.5, 0.6) is 0 Å². The highest BCUT2D eigenvalue weighted by atomic mass is 16.5. The molecule has 0 radical (unpaired) electrons. The number of esters is 1. The van der Waals surface area contributed by atoms with Crippen LogP contribution in [0.4, 0.5) is 5.82 Å². The second-order valence-corrected chi connectivity index (χ2v) is 5.69. The van der Waals surface area contributed by atoms with Crippen molar-refractivity contribution in [3.8, 4) is 0 Å². The van der Waals surface area contributed by atoms with Crippen LogP contribution in [0.3, 0.4) is 0 Å². The van der Waals surface area contributed by atoms with Gasteiger partial charge in [0.1, 0.15) is 11.6 Å². The second-order valence-electron chi connectivity index (χ2n) is 5.69. The Morgan fingerprint density at radius 2 is 2.10 bits per heavy atom. The number of rotatable bonds is 4. The predicted octanol–water partition coefficient (Wildman–Crippen LogP) is 2.81. The number of imidazole rings is 1. The van der Waals surface area contributed by atoms with Crippen LogP contribution in [0, 0.1) is 11.8 Å². The van der Waals surface area contributed by atoms with E-state index < -0.39 is 5.97 Å². The Labute approximate surface area is 120 Å². The maximum atomic E-state index is 11.9. The van der Waals surface area contributed by atoms with Crippen LogP contribution in [0.15, 0.2) is 0 Å². The number of hydrogen-bond donors (Lipinski definition) is 1. The molecule has 5 nitrogen and oxygen atoms in total. The van der Waals surface area contributed by atoms with Gasteiger partial charge in [-0.3, -0.25) is 0 Å². The number of carbonyl (C=O) groups excluding carboxylic acids is 1. The fourth-order valence-corrected chi connectivity index (χ4v) is 3.17. The Kier molecular flexibility index (Phi) is 4.35. The summed E-state index contributed by atoms with van der Waals surface area (Å²) in [5.74, 6) is 2.16. The van der Waals surface area contributed by atoms with Crippen molar-refractivity contribution in [2.24, 2.45) is 11.8 Å². The molecule has 3 atom stereocenters. The molecule has 2 N–H and O–H groups in total. The number of aromatic nitrogens is 2. The molecule has 0 spiro atoms. The Bertz CT molecular complexity index is 496. The van der Waals surface area contributed by atoms with Gasteiger partial charge < -0.3 is 15.0 Å². The fraction of sp³-hybridized carbons (Fsp3) is 0.733. The van der Waals surface area contributed by atoms with E-state index in [1.807, 2.05) is 6.92 Å². The molecule has 112 valence electrons. The molecule has 3 unspecified atom stereocenters. The van der Waals surface area contributed by atoms with Crippen molar-refractivity contribution in [3.05, 3.63) is 11.5 Å². The third-order valence-electron chi connectivity index (χ3n) is 4.56. The maximum Gasteiger partial charge on any atom is 0.360 e. The topological polar surface area (TPSA) is 70.1 Å². The van der Waals surface area contributed by atoms with Crippen LogP contribution in [-0.4, -0.2) is 22.1 Å². The van der Waals surface area contributed by atoms with E-state index in [0.29, 0.717) is 30.3 Å². The maximum absolute atomic E-state index is 11.9. The van der Waals surface area contributed by atoms with Gasteiger partial charge in [-0.25, -0.2) is 9.78 Å². The van der Waals surface area contributed by atoms with Crippen LogP contribution in [0.25, 0.3) is 0 Å². The van der Waals surface area contributed by atoms with Gasteiger partial charge in [-0.15, -0.1) is 0 Å². The first-order chi connectivity index (χ1) is 9.51. The van der Waals surface area contributed by atoms with Gasteiger partial charge in [-0.1, -0.05) is 20.8 Å². The third-order valence-corrected chi connectivity index (χ3v) is 4.56. The molecule has 1 aromatic rings. The van der Waals surface area contributed by atoms with Gasteiger partial charge >= 0.3 is 5.97 Å². The molecule has 0 bridgehead atoms. The van der Waals surface area contributed by atoms with E-state index in [2.05, 4.69) is 23.4 Å². The van der Waals surface area contributed by atoms with E-state index in [-0.39, 0.29) is 5.69 Å². The average molecular weight is 279 g/mol. The Balaban J connectivity index is 2.40. The molecule has 0 aliphatic heterocycles. The van der Waals surface area contributed by atoms with E-state index in [9.17, 15) is 4.79 Å². The number of nitrogens with zero attached hydrogens (tertiary/aromatic N) is 2. The number of anilines is 1. The summed E-state index contributed by atoms with van der Waals surface area (Å²) in [6.45, 7) is 8.69. The normalized spacial score (nSPS) is 25.9. The molecule has 5 heteroatoms. The van der Waals surface area contributed by atoms with Crippen LogP contribution in [0.1, 0.15) is 62.9 Å². The molecule has 2 rings (SSSR count). The van der Waals surface area contributed by atoms with Gasteiger partial charge in [0.25, 0.3) is 0 Å². The monoisotopic (exact) mass is 279 g/mol. The summed E-state index contributed by atoms with van der Waals surface area (Å²) in [5.41, 5.74) is 6.47. The Hall–Kier alpha value is -1.52. The van der Waals surface area contributed by atoms with Gasteiger partial charge in [-0.05, 0) is 31.6 Å². The molecule has 1 aliphatic rings. The van der Waals surface area contributed by atoms with Gasteiger partial charge in [0, 0.05) is 12.5 Å². The van der Waals surface area contributed by atoms with Gasteiger partial charge in [-0.2, -0.15) is 0 Å². The van der Waals surface area contributed by atoms with Crippen LogP contribution in [0.2, 0.25) is 0 Å². The first kappa shape index (κ1) is 14.9. The third kappa shape index (κ3) is 2.41. The van der Waals surface area contributed by atoms with Crippen molar-refractivity contribution < 1.29 is 9.53 Å². The van der Waals surface area contributed by atoms with Crippen molar-refractivity contribution in [2.75, 3.05) is 12.3 Å². The molecule has 1 fully saturated rings. The summed E-state index contributed by atoms with van der Waals surface area (Å²) >= 11 is 0. The van der Waals surface area contributed by atoms with Crippen LogP contribution in [-0.2, 0) is 11.2 Å². The number of aryl methyl sites for hydroxylation is 1. The first-order valence-electron chi connectivity index (χ1n) is 7.54. The number of nitrogens with two attached hydrogens (primary N) is 1. The average Bonchev–Trinajstić information content (AvgIpc) is 2.91. The van der Waals surface area contributed by atoms with Gasteiger partial charge in [0.05, 0.1) is 6.61 Å². The van der Waals surface area contributed by atoms with E-state index in [4.69, 9.17) is 10.5 Å². The Morgan fingerprint density at radius 3 is 2.60 bits per heavy atom. The first-order valence-corrected chi connectivity index (χ1v) is 7.54. The summed E-state index contributed by atoms with van der Waals surface area (Å²) in [6, 6.07) is 0.343. The smallest absolute Gasteiger partial charge is 0.360 e. The summed E-state index contributed by atoms with van der Waals surface area (Å²) < 4.78 is 7.11. The predicted molar refractivity (Wildman–Crippen MR) is 78.6 cm³/mol. The van der Waals surface area contributed by atoms with Gasteiger partial charge in [0.2, 0.25) is 0 Å². The van der Waals surface area contributed by atoms with Gasteiger partial charge in [0.15, 0.2) is 5.69 Å². The summed E-state index contributed by atoms with van der Waals surface area (Å²) in [4.78, 5) is 16.3. The Morgan fingerprint density at radius 1 is 1.40 bits per heavy atom. The highest BCUT2D eigenvalue weighted by Gasteiger charge is 2.34. The van der Waals surface area contributed by atoms with E-state index in [0.717, 1.165) is 18.7 Å². The number of hydrogen-bond acceptors (Lipinski definition) is 4. The lowest BCUT2D eigenvalue weighted by atomic mass is 9.97. The summed E-state index contributed by atoms with van der Waals surface area (Å²) in [5, 5.41) is 0. The van der Waals surface area contributed by atoms with Crippen molar-refractivity contribution in [2.45, 2.75) is 53.0 Å². The van der Waals surface area contributed by atoms with Crippen molar-refractivity contribution in [1.82, 2.24) is 9.55 Å². The number of nitrogen functional groups attached to an aromatic ring is 1. The zero-order valence-corrected chi connectivity index (χ0v) is 12.8. The van der Waals surface area contributed by atoms with E-state index >= 15 is 0 Å². The SMILES string of the molecule is CCOC(=O)c1nc(CC)n(C2CCC(C)C2C)c1N. The molecular weight excluding hydrogens is 254 g/mol. The molecule has 0 amide bonds. The molecule has 0 saturated heterocycles. The zero-order valence-electron chi connectivity index (χ0n) is 12.8. The van der Waals surface area contributed by atoms with E-state index in [1.165, 1.54) is 6.42 Å². The molecule has 20 heavy (non-hydrogen) atoms. The molecule has 1 aromatic heterocycles. The van der Waals surface area contributed by atoms with Crippen molar-refractivity contribution in [3.63, 3.8) is 0 Å². The summed E-state index contributed by atoms with van der Waals surface area (Å²) in [7, 11) is 0. The lowest BCUT2D eigenvalue weighted by molar-refractivity contribution is 0.0521. The van der Waals surface area contributed by atoms with E-state index in [1.54, 1.807) is 6.92 Å². The molecule has 1 saturated carbocycles. The van der Waals surface area contributed by atoms with Crippen LogP contribution >= 0.6 is 0 Å². The standard InChI is InChI=1S/C15H25N3O2/c1-5-12-17-13(15(19)20-6-2)14(16)18(12)11-8-7-9(3)10(11)4/h9-11H,5-8,16H2,1-4H3. The number of carbonyl (C=O) groups is 1. The minimum absolute atomic E-state index is 0.274. The fourth-order valence-electron chi connectivity index (χ4n) is 3.17. The largest absolute Gasteiger partial charge is 0.461 e. The number of ether oxygens (including phenoxy) is 1. The lowest BCUT2D eigenvalue weighted by Gasteiger charge is -2.22. The van der Waals surface area contributed by atoms with Crippen molar-refractivity contribution >= 4 is 11.8 Å². The quantitative estimate of drug-likeness (QED) is 0.860. The minimum atomic E-state index is -0.419. The second kappa shape index (κ2) is 5.85. The molecular formula is C15H25N3O2.